The fraction of sp³-hybridized carbons (Fsp3) is 0.625. The first-order valence-electron chi connectivity index (χ1n) is 7.54. The molecule has 1 saturated heterocycles. The fourth-order valence-electron chi connectivity index (χ4n) is 2.98. The van der Waals surface area contributed by atoms with Crippen LogP contribution < -0.4 is 5.32 Å². The zero-order valence-corrected chi connectivity index (χ0v) is 11.5. The van der Waals surface area contributed by atoms with Gasteiger partial charge in [-0.3, -0.25) is 4.90 Å². The molecule has 104 valence electrons. The third kappa shape index (κ3) is 3.71. The smallest absolute Gasteiger partial charge is 0.120 e. The second-order valence-corrected chi connectivity index (χ2v) is 6.06. The van der Waals surface area contributed by atoms with E-state index in [1.54, 1.807) is 6.07 Å². The maximum absolute atomic E-state index is 9.93. The highest BCUT2D eigenvalue weighted by Crippen LogP contribution is 2.31. The average molecular weight is 260 g/mol. The lowest BCUT2D eigenvalue weighted by molar-refractivity contribution is 0.229. The molecule has 1 aliphatic heterocycles. The van der Waals surface area contributed by atoms with E-state index in [4.69, 9.17) is 0 Å². The van der Waals surface area contributed by atoms with Gasteiger partial charge in [-0.1, -0.05) is 18.2 Å². The van der Waals surface area contributed by atoms with Crippen LogP contribution in [0.3, 0.4) is 0 Å². The quantitative estimate of drug-likeness (QED) is 0.824. The van der Waals surface area contributed by atoms with E-state index < -0.39 is 0 Å². The Bertz CT molecular complexity index is 411. The van der Waals surface area contributed by atoms with E-state index in [0.717, 1.165) is 24.6 Å². The Morgan fingerprint density at radius 3 is 2.68 bits per heavy atom. The summed E-state index contributed by atoms with van der Waals surface area (Å²) in [6.07, 6.45) is 5.37. The molecule has 3 heteroatoms. The van der Waals surface area contributed by atoms with Crippen LogP contribution in [0.4, 0.5) is 0 Å². The van der Waals surface area contributed by atoms with Crippen LogP contribution in [0.1, 0.15) is 31.2 Å². The Morgan fingerprint density at radius 2 is 2.00 bits per heavy atom. The maximum Gasteiger partial charge on any atom is 0.120 e. The van der Waals surface area contributed by atoms with E-state index in [9.17, 15) is 5.11 Å². The van der Waals surface area contributed by atoms with E-state index in [2.05, 4.69) is 10.2 Å². The van der Waals surface area contributed by atoms with Gasteiger partial charge in [0.2, 0.25) is 0 Å². The monoisotopic (exact) mass is 260 g/mol. The number of hydrogen-bond donors (Lipinski definition) is 2. The second kappa shape index (κ2) is 5.93. The van der Waals surface area contributed by atoms with Crippen LogP contribution in [0.2, 0.25) is 0 Å². The predicted octanol–water partition coefficient (Wildman–Crippen LogP) is 2.36. The highest BCUT2D eigenvalue weighted by Gasteiger charge is 2.26. The highest BCUT2D eigenvalue weighted by atomic mass is 16.3. The van der Waals surface area contributed by atoms with E-state index in [1.807, 2.05) is 18.2 Å². The van der Waals surface area contributed by atoms with Crippen molar-refractivity contribution in [2.75, 3.05) is 19.6 Å². The molecule has 0 bridgehead atoms. The van der Waals surface area contributed by atoms with Gasteiger partial charge in [-0.15, -0.1) is 0 Å². The normalized spacial score (nSPS) is 23.1. The standard InChI is InChI=1S/C16H24N2O/c19-16-6-2-1-4-14(16)11-18(10-13-7-8-13)12-15-5-3-9-17-15/h1-2,4,6,13,15,17,19H,3,5,7-12H2. The van der Waals surface area contributed by atoms with Gasteiger partial charge >= 0.3 is 0 Å². The fourth-order valence-corrected chi connectivity index (χ4v) is 2.98. The van der Waals surface area contributed by atoms with Gasteiger partial charge in [0.05, 0.1) is 0 Å². The summed E-state index contributed by atoms with van der Waals surface area (Å²) in [5.74, 6) is 1.33. The lowest BCUT2D eigenvalue weighted by atomic mass is 10.1. The van der Waals surface area contributed by atoms with Crippen LogP contribution >= 0.6 is 0 Å². The summed E-state index contributed by atoms with van der Waals surface area (Å²) in [4.78, 5) is 2.52. The number of phenolic OH excluding ortho intramolecular Hbond substituents is 1. The van der Waals surface area contributed by atoms with Crippen LogP contribution in [0.25, 0.3) is 0 Å². The van der Waals surface area contributed by atoms with Crippen molar-refractivity contribution >= 4 is 0 Å². The SMILES string of the molecule is Oc1ccccc1CN(CC1CC1)CC1CCCN1. The number of nitrogens with zero attached hydrogens (tertiary/aromatic N) is 1. The van der Waals surface area contributed by atoms with Crippen molar-refractivity contribution in [1.29, 1.82) is 0 Å². The van der Waals surface area contributed by atoms with Gasteiger partial charge in [0.1, 0.15) is 5.75 Å². The molecule has 3 nitrogen and oxygen atoms in total. The predicted molar refractivity (Wildman–Crippen MR) is 77.1 cm³/mol. The van der Waals surface area contributed by atoms with Crippen molar-refractivity contribution in [2.24, 2.45) is 5.92 Å². The van der Waals surface area contributed by atoms with Crippen LogP contribution in [0.5, 0.6) is 5.75 Å². The maximum atomic E-state index is 9.93. The molecule has 0 radical (unpaired) electrons. The molecule has 2 N–H and O–H groups in total. The number of rotatable bonds is 6. The number of nitrogens with one attached hydrogen (secondary N) is 1. The summed E-state index contributed by atoms with van der Waals surface area (Å²) in [6, 6.07) is 8.38. The van der Waals surface area contributed by atoms with Crippen LogP contribution in [0, 0.1) is 5.92 Å². The summed E-state index contributed by atoms with van der Waals surface area (Å²) >= 11 is 0. The van der Waals surface area contributed by atoms with Crippen molar-refractivity contribution in [3.63, 3.8) is 0 Å². The van der Waals surface area contributed by atoms with Gasteiger partial charge in [-0.05, 0) is 44.2 Å². The van der Waals surface area contributed by atoms with Gasteiger partial charge in [0, 0.05) is 31.2 Å². The van der Waals surface area contributed by atoms with Gasteiger partial charge in [0.15, 0.2) is 0 Å². The van der Waals surface area contributed by atoms with Gasteiger partial charge < -0.3 is 10.4 Å². The highest BCUT2D eigenvalue weighted by molar-refractivity contribution is 5.31. The molecule has 2 fully saturated rings. The molecular weight excluding hydrogens is 236 g/mol. The van der Waals surface area contributed by atoms with E-state index in [1.165, 1.54) is 38.8 Å². The number of benzene rings is 1. The molecule has 1 unspecified atom stereocenters. The largest absolute Gasteiger partial charge is 0.508 e. The number of hydrogen-bond acceptors (Lipinski definition) is 3. The third-order valence-corrected chi connectivity index (χ3v) is 4.24. The van der Waals surface area contributed by atoms with Gasteiger partial charge in [-0.2, -0.15) is 0 Å². The minimum Gasteiger partial charge on any atom is -0.508 e. The number of para-hydroxylation sites is 1. The average Bonchev–Trinajstić information content (AvgIpc) is 3.06. The molecule has 1 atom stereocenters. The van der Waals surface area contributed by atoms with Crippen molar-refractivity contribution in [3.8, 4) is 5.75 Å². The van der Waals surface area contributed by atoms with E-state index >= 15 is 0 Å². The Morgan fingerprint density at radius 1 is 1.16 bits per heavy atom. The first-order chi connectivity index (χ1) is 9.31. The van der Waals surface area contributed by atoms with Crippen LogP contribution in [-0.4, -0.2) is 35.7 Å². The van der Waals surface area contributed by atoms with Crippen molar-refractivity contribution in [3.05, 3.63) is 29.8 Å². The van der Waals surface area contributed by atoms with Crippen LogP contribution in [0.15, 0.2) is 24.3 Å². The first kappa shape index (κ1) is 12.9. The molecule has 0 aromatic heterocycles. The molecule has 19 heavy (non-hydrogen) atoms. The second-order valence-electron chi connectivity index (χ2n) is 6.06. The molecular formula is C16H24N2O. The third-order valence-electron chi connectivity index (χ3n) is 4.24. The first-order valence-corrected chi connectivity index (χ1v) is 7.54. The lowest BCUT2D eigenvalue weighted by Gasteiger charge is -2.26. The Balaban J connectivity index is 1.62. The topological polar surface area (TPSA) is 35.5 Å². The molecule has 1 saturated carbocycles. The minimum atomic E-state index is 0.433. The molecule has 1 aromatic carbocycles. The lowest BCUT2D eigenvalue weighted by Crippen LogP contribution is -2.38. The zero-order valence-electron chi connectivity index (χ0n) is 11.5. The molecule has 1 aliphatic carbocycles. The molecule has 3 rings (SSSR count). The molecule has 0 spiro atoms. The van der Waals surface area contributed by atoms with Crippen molar-refractivity contribution in [2.45, 2.75) is 38.3 Å². The summed E-state index contributed by atoms with van der Waals surface area (Å²) in [6.45, 7) is 4.34. The van der Waals surface area contributed by atoms with Gasteiger partial charge in [0.25, 0.3) is 0 Å². The van der Waals surface area contributed by atoms with Crippen molar-refractivity contribution in [1.82, 2.24) is 10.2 Å². The van der Waals surface area contributed by atoms with E-state index in [0.29, 0.717) is 11.8 Å². The summed E-state index contributed by atoms with van der Waals surface area (Å²) in [5.41, 5.74) is 1.06. The molecule has 0 amide bonds. The number of aromatic hydroxyl groups is 1. The minimum absolute atomic E-state index is 0.433. The Labute approximate surface area is 115 Å². The molecule has 2 aliphatic rings. The molecule has 1 aromatic rings. The summed E-state index contributed by atoms with van der Waals surface area (Å²) in [7, 11) is 0. The Hall–Kier alpha value is -1.06. The van der Waals surface area contributed by atoms with Gasteiger partial charge in [-0.25, -0.2) is 0 Å². The Kier molecular flexibility index (Phi) is 4.04. The summed E-state index contributed by atoms with van der Waals surface area (Å²) < 4.78 is 0. The number of phenols is 1. The van der Waals surface area contributed by atoms with E-state index in [-0.39, 0.29) is 0 Å². The zero-order chi connectivity index (χ0) is 13.1. The van der Waals surface area contributed by atoms with Crippen LogP contribution in [-0.2, 0) is 6.54 Å². The van der Waals surface area contributed by atoms with Crippen molar-refractivity contribution < 1.29 is 5.11 Å². The molecule has 1 heterocycles. The summed E-state index contributed by atoms with van der Waals surface area (Å²) in [5, 5.41) is 13.5.